The van der Waals surface area contributed by atoms with Gasteiger partial charge in [0.25, 0.3) is 5.91 Å². The Morgan fingerprint density at radius 1 is 1.19 bits per heavy atom. The Labute approximate surface area is 167 Å². The quantitative estimate of drug-likeness (QED) is 0.700. The van der Waals surface area contributed by atoms with Crippen LogP contribution in [-0.2, 0) is 14.8 Å². The molecule has 2 aliphatic rings. The average Bonchev–Trinajstić information content (AvgIpc) is 3.32. The first-order valence-electron chi connectivity index (χ1n) is 9.18. The van der Waals surface area contributed by atoms with E-state index in [4.69, 9.17) is 4.74 Å². The van der Waals surface area contributed by atoms with Crippen LogP contribution in [0.5, 0.6) is 0 Å². The van der Waals surface area contributed by atoms with Crippen LogP contribution in [-0.4, -0.2) is 64.7 Å². The van der Waals surface area contributed by atoms with Crippen LogP contribution in [0.15, 0.2) is 29.2 Å². The highest BCUT2D eigenvalue weighted by Gasteiger charge is 2.29. The molecule has 2 unspecified atom stereocenters. The molecule has 2 aliphatic heterocycles. The second kappa shape index (κ2) is 9.84. The van der Waals surface area contributed by atoms with Gasteiger partial charge in [-0.2, -0.15) is 0 Å². The lowest BCUT2D eigenvalue weighted by Gasteiger charge is -2.24. The van der Waals surface area contributed by atoms with E-state index in [1.165, 1.54) is 12.1 Å². The normalized spacial score (nSPS) is 22.6. The van der Waals surface area contributed by atoms with Gasteiger partial charge in [-0.1, -0.05) is 0 Å². The van der Waals surface area contributed by atoms with E-state index in [2.05, 4.69) is 10.0 Å². The maximum Gasteiger partial charge on any atom is 0.254 e. The van der Waals surface area contributed by atoms with Crippen molar-refractivity contribution in [3.05, 3.63) is 29.8 Å². The van der Waals surface area contributed by atoms with Crippen molar-refractivity contribution in [3.63, 3.8) is 0 Å². The van der Waals surface area contributed by atoms with Crippen LogP contribution in [0.25, 0.3) is 0 Å². The summed E-state index contributed by atoms with van der Waals surface area (Å²) in [6.45, 7) is 2.48. The number of sulfonamides is 1. The summed E-state index contributed by atoms with van der Waals surface area (Å²) < 4.78 is 32.8. The first kappa shape index (κ1) is 22.1. The van der Waals surface area contributed by atoms with Gasteiger partial charge < -0.3 is 15.0 Å². The topological polar surface area (TPSA) is 87.7 Å². The summed E-state index contributed by atoms with van der Waals surface area (Å²) in [5, 5.41) is 3.12. The molecule has 0 aromatic heterocycles. The Kier molecular flexibility index (Phi) is 8.05. The predicted molar refractivity (Wildman–Crippen MR) is 106 cm³/mol. The van der Waals surface area contributed by atoms with E-state index in [1.54, 1.807) is 12.1 Å². The van der Waals surface area contributed by atoms with Crippen molar-refractivity contribution >= 4 is 28.3 Å². The summed E-state index contributed by atoms with van der Waals surface area (Å²) >= 11 is 0. The van der Waals surface area contributed by atoms with E-state index >= 15 is 0 Å². The number of likely N-dealkylation sites (tertiary alicyclic amines) is 1. The van der Waals surface area contributed by atoms with Crippen molar-refractivity contribution in [1.29, 1.82) is 0 Å². The van der Waals surface area contributed by atoms with Gasteiger partial charge in [0.15, 0.2) is 0 Å². The first-order chi connectivity index (χ1) is 12.5. The van der Waals surface area contributed by atoms with Crippen LogP contribution >= 0.6 is 12.4 Å². The molecule has 0 saturated carbocycles. The minimum Gasteiger partial charge on any atom is -0.377 e. The Balaban J connectivity index is 0.00000261. The highest BCUT2D eigenvalue weighted by Crippen LogP contribution is 2.21. The minimum absolute atomic E-state index is 0. The fraction of sp³-hybridized carbons (Fsp3) is 0.611. The minimum atomic E-state index is -3.59. The number of nitrogens with zero attached hydrogens (tertiary/aromatic N) is 1. The van der Waals surface area contributed by atoms with Crippen LogP contribution in [0.4, 0.5) is 0 Å². The van der Waals surface area contributed by atoms with Gasteiger partial charge in [0.05, 0.1) is 11.0 Å². The first-order valence-corrected chi connectivity index (χ1v) is 10.7. The summed E-state index contributed by atoms with van der Waals surface area (Å²) in [6, 6.07) is 6.38. The highest BCUT2D eigenvalue weighted by molar-refractivity contribution is 7.89. The third kappa shape index (κ3) is 5.42. The molecule has 0 radical (unpaired) electrons. The van der Waals surface area contributed by atoms with Gasteiger partial charge >= 0.3 is 0 Å². The molecule has 1 aromatic rings. The van der Waals surface area contributed by atoms with Crippen molar-refractivity contribution in [2.24, 2.45) is 0 Å². The van der Waals surface area contributed by atoms with Gasteiger partial charge in [0, 0.05) is 37.8 Å². The van der Waals surface area contributed by atoms with Crippen LogP contribution in [0.2, 0.25) is 0 Å². The van der Waals surface area contributed by atoms with E-state index in [0.29, 0.717) is 12.2 Å². The Morgan fingerprint density at radius 2 is 1.93 bits per heavy atom. The number of carbonyl (C=O) groups is 1. The van der Waals surface area contributed by atoms with Crippen LogP contribution < -0.4 is 10.0 Å². The Morgan fingerprint density at radius 3 is 2.56 bits per heavy atom. The Hall–Kier alpha value is -1.19. The molecule has 2 saturated heterocycles. The average molecular weight is 418 g/mol. The van der Waals surface area contributed by atoms with Crippen molar-refractivity contribution < 1.29 is 17.9 Å². The van der Waals surface area contributed by atoms with Gasteiger partial charge in [-0.25, -0.2) is 13.1 Å². The zero-order valence-corrected chi connectivity index (χ0v) is 17.2. The lowest BCUT2D eigenvalue weighted by atomic mass is 10.1. The monoisotopic (exact) mass is 417 g/mol. The molecule has 27 heavy (non-hydrogen) atoms. The standard InChI is InChI=1S/C18H27N3O4S.ClH/c1-19-12-15-4-2-10-21(15)18(22)14-6-8-17(9-7-14)26(23,24)20-13-16-5-3-11-25-16;/h6-9,15-16,19-20H,2-5,10-13H2,1H3;1H. The molecule has 2 heterocycles. The number of halogens is 1. The van der Waals surface area contributed by atoms with E-state index in [9.17, 15) is 13.2 Å². The maximum absolute atomic E-state index is 12.7. The number of carbonyl (C=O) groups excluding carboxylic acids is 1. The van der Waals surface area contributed by atoms with Gasteiger partial charge in [-0.05, 0) is 57.0 Å². The van der Waals surface area contributed by atoms with Crippen molar-refractivity contribution in [2.75, 3.05) is 33.3 Å². The largest absolute Gasteiger partial charge is 0.377 e. The fourth-order valence-corrected chi connectivity index (χ4v) is 4.65. The zero-order valence-electron chi connectivity index (χ0n) is 15.5. The van der Waals surface area contributed by atoms with E-state index < -0.39 is 10.0 Å². The number of nitrogens with one attached hydrogen (secondary N) is 2. The SMILES string of the molecule is CNCC1CCCN1C(=O)c1ccc(S(=O)(=O)NCC2CCCO2)cc1.Cl. The second-order valence-electron chi connectivity index (χ2n) is 6.86. The molecule has 0 bridgehead atoms. The molecular formula is C18H28ClN3O4S. The number of rotatable bonds is 7. The molecule has 3 rings (SSSR count). The fourth-order valence-electron chi connectivity index (χ4n) is 3.58. The van der Waals surface area contributed by atoms with Gasteiger partial charge in [0.2, 0.25) is 10.0 Å². The van der Waals surface area contributed by atoms with Crippen molar-refractivity contribution in [3.8, 4) is 0 Å². The molecule has 0 spiro atoms. The summed E-state index contributed by atoms with van der Waals surface area (Å²) in [5.74, 6) is -0.0426. The number of likely N-dealkylation sites (N-methyl/N-ethyl adjacent to an activating group) is 1. The number of hydrogen-bond donors (Lipinski definition) is 2. The number of ether oxygens (including phenoxy) is 1. The third-order valence-electron chi connectivity index (χ3n) is 5.01. The molecule has 1 amide bonds. The van der Waals surface area contributed by atoms with Gasteiger partial charge in [-0.3, -0.25) is 4.79 Å². The number of benzene rings is 1. The van der Waals surface area contributed by atoms with E-state index in [-0.39, 0.29) is 41.9 Å². The Bertz CT molecular complexity index is 721. The highest BCUT2D eigenvalue weighted by atomic mass is 35.5. The third-order valence-corrected chi connectivity index (χ3v) is 6.45. The molecule has 1 aromatic carbocycles. The smallest absolute Gasteiger partial charge is 0.254 e. The molecule has 7 nitrogen and oxygen atoms in total. The summed E-state index contributed by atoms with van der Waals surface area (Å²) in [5.41, 5.74) is 0.520. The lowest BCUT2D eigenvalue weighted by molar-refractivity contribution is 0.0737. The van der Waals surface area contributed by atoms with E-state index in [0.717, 1.165) is 38.8 Å². The van der Waals surface area contributed by atoms with Crippen LogP contribution in [0.1, 0.15) is 36.0 Å². The molecule has 0 aliphatic carbocycles. The van der Waals surface area contributed by atoms with Crippen LogP contribution in [0.3, 0.4) is 0 Å². The molecule has 2 atom stereocenters. The summed E-state index contributed by atoms with van der Waals surface area (Å²) in [6.07, 6.45) is 3.78. The summed E-state index contributed by atoms with van der Waals surface area (Å²) in [7, 11) is -1.71. The second-order valence-corrected chi connectivity index (χ2v) is 8.63. The maximum atomic E-state index is 12.7. The van der Waals surface area contributed by atoms with Gasteiger partial charge in [-0.15, -0.1) is 12.4 Å². The summed E-state index contributed by atoms with van der Waals surface area (Å²) in [4.78, 5) is 14.7. The van der Waals surface area contributed by atoms with Crippen molar-refractivity contribution in [1.82, 2.24) is 14.9 Å². The molecular weight excluding hydrogens is 390 g/mol. The number of amides is 1. The molecule has 2 N–H and O–H groups in total. The molecule has 9 heteroatoms. The van der Waals surface area contributed by atoms with Crippen LogP contribution in [0, 0.1) is 0 Å². The van der Waals surface area contributed by atoms with Gasteiger partial charge in [0.1, 0.15) is 0 Å². The molecule has 2 fully saturated rings. The number of hydrogen-bond acceptors (Lipinski definition) is 5. The van der Waals surface area contributed by atoms with E-state index in [1.807, 2.05) is 11.9 Å². The predicted octanol–water partition coefficient (Wildman–Crippen LogP) is 1.39. The lowest BCUT2D eigenvalue weighted by Crippen LogP contribution is -2.40. The van der Waals surface area contributed by atoms with Crippen molar-refractivity contribution in [2.45, 2.75) is 42.7 Å². The molecule has 152 valence electrons. The zero-order chi connectivity index (χ0) is 18.6.